The van der Waals surface area contributed by atoms with E-state index < -0.39 is 0 Å². The molecule has 1 amide bonds. The number of nitrogens with one attached hydrogen (secondary N) is 1. The SMILES string of the molecule is CCc1ccccc1NC(=O)CSc1cc(N2C[C@@H](C)C[C@H](C)C2)ncn1. The molecule has 5 nitrogen and oxygen atoms in total. The van der Waals surface area contributed by atoms with Gasteiger partial charge in [0, 0.05) is 24.8 Å². The van der Waals surface area contributed by atoms with Gasteiger partial charge in [-0.1, -0.05) is 50.7 Å². The largest absolute Gasteiger partial charge is 0.356 e. The maximum absolute atomic E-state index is 12.3. The van der Waals surface area contributed by atoms with Crippen molar-refractivity contribution in [3.05, 3.63) is 42.2 Å². The number of nitrogens with zero attached hydrogens (tertiary/aromatic N) is 3. The highest BCUT2D eigenvalue weighted by Gasteiger charge is 2.23. The molecule has 3 rings (SSSR count). The second kappa shape index (κ2) is 9.22. The number of carbonyl (C=O) groups is 1. The minimum absolute atomic E-state index is 0.0127. The predicted octanol–water partition coefficient (Wildman–Crippen LogP) is 4.25. The number of carbonyl (C=O) groups excluding carboxylic acids is 1. The Morgan fingerprint density at radius 3 is 2.70 bits per heavy atom. The van der Waals surface area contributed by atoms with Crippen LogP contribution in [0.15, 0.2) is 41.7 Å². The Hall–Kier alpha value is -2.08. The topological polar surface area (TPSA) is 58.1 Å². The third-order valence-corrected chi connectivity index (χ3v) is 5.77. The summed E-state index contributed by atoms with van der Waals surface area (Å²) >= 11 is 1.45. The monoisotopic (exact) mass is 384 g/mol. The molecule has 2 aromatic rings. The molecule has 0 bridgehead atoms. The molecule has 1 fully saturated rings. The first-order valence-electron chi connectivity index (χ1n) is 9.62. The van der Waals surface area contributed by atoms with Crippen molar-refractivity contribution >= 4 is 29.2 Å². The van der Waals surface area contributed by atoms with E-state index in [1.807, 2.05) is 30.3 Å². The summed E-state index contributed by atoms with van der Waals surface area (Å²) in [4.78, 5) is 23.5. The van der Waals surface area contributed by atoms with E-state index in [1.165, 1.54) is 18.2 Å². The van der Waals surface area contributed by atoms with Crippen molar-refractivity contribution in [2.75, 3.05) is 29.1 Å². The van der Waals surface area contributed by atoms with E-state index in [9.17, 15) is 4.79 Å². The summed E-state index contributed by atoms with van der Waals surface area (Å²) in [6, 6.07) is 9.93. The molecule has 2 heterocycles. The standard InChI is InChI=1S/C21H28N4OS/c1-4-17-7-5-6-8-18(17)24-20(26)13-27-21-10-19(22-14-23-21)25-11-15(2)9-16(3)12-25/h5-8,10,14-16H,4,9,11-13H2,1-3H3,(H,24,26)/t15-,16-/m0/s1. The molecular formula is C21H28N4OS. The molecule has 1 aliphatic rings. The first-order valence-corrected chi connectivity index (χ1v) is 10.6. The van der Waals surface area contributed by atoms with Crippen LogP contribution >= 0.6 is 11.8 Å². The Morgan fingerprint density at radius 2 is 1.96 bits per heavy atom. The van der Waals surface area contributed by atoms with Crippen molar-refractivity contribution in [3.63, 3.8) is 0 Å². The van der Waals surface area contributed by atoms with Crippen LogP contribution in [0.3, 0.4) is 0 Å². The molecular weight excluding hydrogens is 356 g/mol. The average molecular weight is 385 g/mol. The summed E-state index contributed by atoms with van der Waals surface area (Å²) in [6.07, 6.45) is 3.76. The van der Waals surface area contributed by atoms with Crippen LogP contribution in [-0.2, 0) is 11.2 Å². The quantitative estimate of drug-likeness (QED) is 0.596. The molecule has 27 heavy (non-hydrogen) atoms. The minimum Gasteiger partial charge on any atom is -0.356 e. The molecule has 0 saturated carbocycles. The van der Waals surface area contributed by atoms with E-state index in [0.717, 1.165) is 41.6 Å². The first kappa shape index (κ1) is 19.7. The lowest BCUT2D eigenvalue weighted by molar-refractivity contribution is -0.113. The Morgan fingerprint density at radius 1 is 1.22 bits per heavy atom. The fourth-order valence-corrected chi connectivity index (χ4v) is 4.37. The molecule has 1 aliphatic heterocycles. The van der Waals surface area contributed by atoms with Gasteiger partial charge in [0.1, 0.15) is 17.2 Å². The van der Waals surface area contributed by atoms with Gasteiger partial charge in [-0.15, -0.1) is 0 Å². The molecule has 1 aromatic carbocycles. The summed E-state index contributed by atoms with van der Waals surface area (Å²) in [5.74, 6) is 2.62. The van der Waals surface area contributed by atoms with Crippen LogP contribution in [0.25, 0.3) is 0 Å². The maximum Gasteiger partial charge on any atom is 0.234 e. The van der Waals surface area contributed by atoms with Gasteiger partial charge in [0.15, 0.2) is 0 Å². The van der Waals surface area contributed by atoms with Crippen molar-refractivity contribution in [3.8, 4) is 0 Å². The Bertz CT molecular complexity index is 772. The average Bonchev–Trinajstić information content (AvgIpc) is 2.66. The molecule has 0 aliphatic carbocycles. The van der Waals surface area contributed by atoms with Gasteiger partial charge in [-0.3, -0.25) is 4.79 Å². The molecule has 1 saturated heterocycles. The van der Waals surface area contributed by atoms with E-state index >= 15 is 0 Å². The fourth-order valence-electron chi connectivity index (χ4n) is 3.71. The van der Waals surface area contributed by atoms with Crippen LogP contribution in [0, 0.1) is 11.8 Å². The van der Waals surface area contributed by atoms with E-state index in [2.05, 4.69) is 41.0 Å². The van der Waals surface area contributed by atoms with Gasteiger partial charge < -0.3 is 10.2 Å². The van der Waals surface area contributed by atoms with Crippen molar-refractivity contribution < 1.29 is 4.79 Å². The summed E-state index contributed by atoms with van der Waals surface area (Å²) in [6.45, 7) is 8.72. The molecule has 2 atom stereocenters. The Labute approximate surface area is 166 Å². The second-order valence-corrected chi connectivity index (χ2v) is 8.41. The van der Waals surface area contributed by atoms with Crippen molar-refractivity contribution in [2.24, 2.45) is 11.8 Å². The lowest BCUT2D eigenvalue weighted by Crippen LogP contribution is -2.39. The molecule has 0 spiro atoms. The number of para-hydroxylation sites is 1. The molecule has 144 valence electrons. The smallest absolute Gasteiger partial charge is 0.234 e. The number of amides is 1. The van der Waals surface area contributed by atoms with E-state index in [4.69, 9.17) is 0 Å². The third kappa shape index (κ3) is 5.45. The van der Waals surface area contributed by atoms with E-state index in [-0.39, 0.29) is 5.91 Å². The van der Waals surface area contributed by atoms with Crippen LogP contribution in [0.5, 0.6) is 0 Å². The Kier molecular flexibility index (Phi) is 6.72. The zero-order valence-electron chi connectivity index (χ0n) is 16.3. The highest BCUT2D eigenvalue weighted by molar-refractivity contribution is 7.99. The normalized spacial score (nSPS) is 19.7. The number of hydrogen-bond acceptors (Lipinski definition) is 5. The first-order chi connectivity index (χ1) is 13.0. The van der Waals surface area contributed by atoms with Crippen LogP contribution in [0.2, 0.25) is 0 Å². The minimum atomic E-state index is -0.0127. The summed E-state index contributed by atoms with van der Waals surface area (Å²) in [7, 11) is 0. The number of rotatable bonds is 6. The third-order valence-electron chi connectivity index (χ3n) is 4.84. The van der Waals surface area contributed by atoms with Gasteiger partial charge in [0.05, 0.1) is 5.75 Å². The summed E-state index contributed by atoms with van der Waals surface area (Å²) in [5, 5.41) is 3.85. The highest BCUT2D eigenvalue weighted by atomic mass is 32.2. The number of aryl methyl sites for hydroxylation is 1. The number of benzene rings is 1. The van der Waals surface area contributed by atoms with Gasteiger partial charge in [-0.2, -0.15) is 0 Å². The molecule has 0 radical (unpaired) electrons. The fraction of sp³-hybridized carbons (Fsp3) is 0.476. The summed E-state index contributed by atoms with van der Waals surface area (Å²) < 4.78 is 0. The highest BCUT2D eigenvalue weighted by Crippen LogP contribution is 2.27. The maximum atomic E-state index is 12.3. The van der Waals surface area contributed by atoms with Crippen molar-refractivity contribution in [1.29, 1.82) is 0 Å². The number of hydrogen-bond donors (Lipinski definition) is 1. The molecule has 6 heteroatoms. The van der Waals surface area contributed by atoms with Gasteiger partial charge in [0.25, 0.3) is 0 Å². The molecule has 0 unspecified atom stereocenters. The lowest BCUT2D eigenvalue weighted by Gasteiger charge is -2.35. The zero-order chi connectivity index (χ0) is 19.2. The van der Waals surface area contributed by atoms with Crippen LogP contribution in [0.1, 0.15) is 32.8 Å². The van der Waals surface area contributed by atoms with Crippen LogP contribution < -0.4 is 10.2 Å². The van der Waals surface area contributed by atoms with Gasteiger partial charge in [-0.25, -0.2) is 9.97 Å². The second-order valence-electron chi connectivity index (χ2n) is 7.41. The zero-order valence-corrected chi connectivity index (χ0v) is 17.1. The predicted molar refractivity (Wildman–Crippen MR) is 112 cm³/mol. The van der Waals surface area contributed by atoms with Crippen molar-refractivity contribution in [2.45, 2.75) is 38.6 Å². The van der Waals surface area contributed by atoms with E-state index in [1.54, 1.807) is 6.33 Å². The lowest BCUT2D eigenvalue weighted by atomic mass is 9.92. The molecule has 1 aromatic heterocycles. The van der Waals surface area contributed by atoms with Gasteiger partial charge in [0.2, 0.25) is 5.91 Å². The van der Waals surface area contributed by atoms with Gasteiger partial charge >= 0.3 is 0 Å². The number of anilines is 2. The van der Waals surface area contributed by atoms with Crippen LogP contribution in [-0.4, -0.2) is 34.7 Å². The number of thioether (sulfide) groups is 1. The molecule has 1 N–H and O–H groups in total. The Balaban J connectivity index is 1.59. The summed E-state index contributed by atoms with van der Waals surface area (Å²) in [5.41, 5.74) is 2.04. The van der Waals surface area contributed by atoms with E-state index in [0.29, 0.717) is 17.6 Å². The number of piperidine rings is 1. The van der Waals surface area contributed by atoms with Gasteiger partial charge in [-0.05, 0) is 36.3 Å². The van der Waals surface area contributed by atoms with Crippen molar-refractivity contribution in [1.82, 2.24) is 9.97 Å². The number of aromatic nitrogens is 2. The van der Waals surface area contributed by atoms with Crippen LogP contribution in [0.4, 0.5) is 11.5 Å².